The molecule has 6 nitrogen and oxygen atoms in total. The quantitative estimate of drug-likeness (QED) is 0.851. The third-order valence-corrected chi connectivity index (χ3v) is 5.75. The van der Waals surface area contributed by atoms with Crippen molar-refractivity contribution >= 4 is 32.3 Å². The molecule has 0 amide bonds. The summed E-state index contributed by atoms with van der Waals surface area (Å²) in [7, 11) is -3.19. The van der Waals surface area contributed by atoms with Gasteiger partial charge in [-0.05, 0) is 20.8 Å². The summed E-state index contributed by atoms with van der Waals surface area (Å²) in [5, 5.41) is 12.1. The molecule has 8 heteroatoms. The smallest absolute Gasteiger partial charge is 0.355 e. The highest BCUT2D eigenvalue weighted by molar-refractivity contribution is 7.92. The highest BCUT2D eigenvalue weighted by Crippen LogP contribution is 2.23. The van der Waals surface area contributed by atoms with Gasteiger partial charge in [0.25, 0.3) is 0 Å². The minimum atomic E-state index is -3.19. The molecule has 0 atom stereocenters. The number of carbonyl (C=O) groups is 1. The third kappa shape index (κ3) is 3.20. The molecule has 0 aromatic carbocycles. The Balaban J connectivity index is 2.82. The molecule has 102 valence electrons. The van der Waals surface area contributed by atoms with Crippen molar-refractivity contribution < 1.29 is 18.3 Å². The van der Waals surface area contributed by atoms with Gasteiger partial charge in [-0.2, -0.15) is 0 Å². The van der Waals surface area contributed by atoms with E-state index in [0.29, 0.717) is 10.0 Å². The fourth-order valence-corrected chi connectivity index (χ4v) is 2.23. The average molecular weight is 292 g/mol. The van der Waals surface area contributed by atoms with Gasteiger partial charge < -0.3 is 10.4 Å². The lowest BCUT2D eigenvalue weighted by atomic mass is 10.2. The van der Waals surface area contributed by atoms with Crippen molar-refractivity contribution in [3.05, 3.63) is 10.6 Å². The van der Waals surface area contributed by atoms with Crippen LogP contribution in [0, 0.1) is 6.92 Å². The van der Waals surface area contributed by atoms with E-state index in [9.17, 15) is 13.2 Å². The molecule has 0 saturated carbocycles. The first-order valence-electron chi connectivity index (χ1n) is 5.19. The lowest BCUT2D eigenvalue weighted by Gasteiger charge is -2.22. The van der Waals surface area contributed by atoms with E-state index in [2.05, 4.69) is 10.3 Å². The van der Waals surface area contributed by atoms with Crippen LogP contribution < -0.4 is 5.32 Å². The Morgan fingerprint density at radius 1 is 1.50 bits per heavy atom. The minimum absolute atomic E-state index is 0.000313. The Morgan fingerprint density at radius 2 is 2.06 bits per heavy atom. The van der Waals surface area contributed by atoms with Gasteiger partial charge in [0.15, 0.2) is 20.7 Å². The molecular weight excluding hydrogens is 276 g/mol. The number of hydrogen-bond acceptors (Lipinski definition) is 6. The van der Waals surface area contributed by atoms with Crippen LogP contribution in [0.25, 0.3) is 0 Å². The van der Waals surface area contributed by atoms with Crippen molar-refractivity contribution in [1.29, 1.82) is 0 Å². The lowest BCUT2D eigenvalue weighted by Crippen LogP contribution is -2.38. The van der Waals surface area contributed by atoms with Crippen LogP contribution in [-0.2, 0) is 9.84 Å². The summed E-state index contributed by atoms with van der Waals surface area (Å²) in [4.78, 5) is 15.3. The number of carboxylic acids is 1. The summed E-state index contributed by atoms with van der Waals surface area (Å²) < 4.78 is 22.1. The molecule has 0 radical (unpaired) electrons. The summed E-state index contributed by atoms with van der Waals surface area (Å²) in [5.41, 5.74) is -0.000313. The molecular formula is C10H16N2O4S2. The largest absolute Gasteiger partial charge is 0.476 e. The first-order chi connectivity index (χ1) is 8.04. The average Bonchev–Trinajstić information content (AvgIpc) is 2.55. The summed E-state index contributed by atoms with van der Waals surface area (Å²) in [6, 6.07) is 0. The summed E-state index contributed by atoms with van der Waals surface area (Å²) in [5.74, 6) is -1.08. The number of sulfone groups is 1. The Kier molecular flexibility index (Phi) is 4.02. The first-order valence-corrected chi connectivity index (χ1v) is 7.89. The third-order valence-electron chi connectivity index (χ3n) is 2.67. The van der Waals surface area contributed by atoms with Crippen molar-refractivity contribution in [2.45, 2.75) is 25.5 Å². The van der Waals surface area contributed by atoms with Crippen LogP contribution >= 0.6 is 11.3 Å². The van der Waals surface area contributed by atoms with Crippen molar-refractivity contribution in [3.63, 3.8) is 0 Å². The number of aromatic carboxylic acids is 1. The van der Waals surface area contributed by atoms with Crippen LogP contribution in [0.4, 0.5) is 5.13 Å². The zero-order valence-corrected chi connectivity index (χ0v) is 12.3. The Bertz CT molecular complexity index is 560. The van der Waals surface area contributed by atoms with E-state index < -0.39 is 20.6 Å². The highest BCUT2D eigenvalue weighted by atomic mass is 32.2. The number of aryl methyl sites for hydroxylation is 1. The maximum atomic E-state index is 11.5. The highest BCUT2D eigenvalue weighted by Gasteiger charge is 2.30. The van der Waals surface area contributed by atoms with E-state index >= 15 is 0 Å². The zero-order valence-electron chi connectivity index (χ0n) is 10.6. The molecule has 18 heavy (non-hydrogen) atoms. The number of anilines is 1. The van der Waals surface area contributed by atoms with Gasteiger partial charge in [-0.25, -0.2) is 18.2 Å². The van der Waals surface area contributed by atoms with Gasteiger partial charge in [-0.1, -0.05) is 0 Å². The maximum Gasteiger partial charge on any atom is 0.355 e. The molecule has 0 fully saturated rings. The molecule has 1 heterocycles. The van der Waals surface area contributed by atoms with Crippen molar-refractivity contribution in [3.8, 4) is 0 Å². The second-order valence-corrected chi connectivity index (χ2v) is 8.47. The molecule has 0 aliphatic carbocycles. The summed E-state index contributed by atoms with van der Waals surface area (Å²) in [6.45, 7) is 5.05. The van der Waals surface area contributed by atoms with Gasteiger partial charge in [0, 0.05) is 17.7 Å². The van der Waals surface area contributed by atoms with Gasteiger partial charge in [-0.15, -0.1) is 11.3 Å². The lowest BCUT2D eigenvalue weighted by molar-refractivity contribution is 0.0690. The standard InChI is InChI=1S/C10H16N2O4S2/c1-6-7(8(13)14)12-9(17-6)11-5-10(2,3)18(4,15)16/h5H2,1-4H3,(H,11,12)(H,13,14). The number of rotatable bonds is 5. The van der Waals surface area contributed by atoms with Crippen LogP contribution in [0.5, 0.6) is 0 Å². The van der Waals surface area contributed by atoms with Crippen LogP contribution in [0.1, 0.15) is 29.2 Å². The number of nitrogens with zero attached hydrogens (tertiary/aromatic N) is 1. The number of carboxylic acid groups (broad SMARTS) is 1. The predicted molar refractivity (Wildman–Crippen MR) is 71.2 cm³/mol. The van der Waals surface area contributed by atoms with Crippen LogP contribution in [-0.4, -0.2) is 42.0 Å². The van der Waals surface area contributed by atoms with E-state index in [1.807, 2.05) is 0 Å². The van der Waals surface area contributed by atoms with Gasteiger partial charge in [0.05, 0.1) is 4.75 Å². The maximum absolute atomic E-state index is 11.5. The fraction of sp³-hybridized carbons (Fsp3) is 0.600. The van der Waals surface area contributed by atoms with E-state index in [0.717, 1.165) is 0 Å². The van der Waals surface area contributed by atoms with Crippen molar-refractivity contribution in [2.24, 2.45) is 0 Å². The molecule has 0 unspecified atom stereocenters. The molecule has 2 N–H and O–H groups in total. The monoisotopic (exact) mass is 292 g/mol. The zero-order chi connectivity index (χ0) is 14.1. The molecule has 0 aliphatic heterocycles. The summed E-state index contributed by atoms with van der Waals surface area (Å²) >= 11 is 1.20. The van der Waals surface area contributed by atoms with Gasteiger partial charge >= 0.3 is 5.97 Å². The van der Waals surface area contributed by atoms with Gasteiger partial charge in [0.1, 0.15) is 0 Å². The van der Waals surface area contributed by atoms with E-state index in [4.69, 9.17) is 5.11 Å². The second kappa shape index (κ2) is 4.85. The van der Waals surface area contributed by atoms with Gasteiger partial charge in [0.2, 0.25) is 0 Å². The van der Waals surface area contributed by atoms with Crippen molar-refractivity contribution in [1.82, 2.24) is 4.98 Å². The molecule has 1 aromatic rings. The Morgan fingerprint density at radius 3 is 2.44 bits per heavy atom. The van der Waals surface area contributed by atoms with Crippen LogP contribution in [0.2, 0.25) is 0 Å². The van der Waals surface area contributed by atoms with E-state index in [1.54, 1.807) is 20.8 Å². The predicted octanol–water partition coefficient (Wildman–Crippen LogP) is 1.38. The topological polar surface area (TPSA) is 96.4 Å². The normalized spacial score (nSPS) is 12.4. The van der Waals surface area contributed by atoms with Crippen LogP contribution in [0.15, 0.2) is 0 Å². The molecule has 1 rings (SSSR count). The number of nitrogens with one attached hydrogen (secondary N) is 1. The first kappa shape index (κ1) is 14.9. The van der Waals surface area contributed by atoms with E-state index in [-0.39, 0.29) is 12.2 Å². The van der Waals surface area contributed by atoms with E-state index in [1.165, 1.54) is 17.6 Å². The second-order valence-electron chi connectivity index (χ2n) is 4.61. The fourth-order valence-electron chi connectivity index (χ4n) is 1.09. The Hall–Kier alpha value is -1.15. The minimum Gasteiger partial charge on any atom is -0.476 e. The Labute approximate surface area is 110 Å². The molecule has 0 spiro atoms. The molecule has 1 aromatic heterocycles. The molecule has 0 bridgehead atoms. The number of thiazole rings is 1. The molecule has 0 saturated heterocycles. The number of hydrogen-bond donors (Lipinski definition) is 2. The molecule has 0 aliphatic rings. The van der Waals surface area contributed by atoms with Crippen molar-refractivity contribution in [2.75, 3.05) is 18.1 Å². The number of aromatic nitrogens is 1. The van der Waals surface area contributed by atoms with Gasteiger partial charge in [-0.3, -0.25) is 0 Å². The SMILES string of the molecule is Cc1sc(NCC(C)(C)S(C)(=O)=O)nc1C(=O)O. The summed E-state index contributed by atoms with van der Waals surface area (Å²) in [6.07, 6.45) is 1.17. The van der Waals surface area contributed by atoms with Crippen LogP contribution in [0.3, 0.4) is 0 Å².